The summed E-state index contributed by atoms with van der Waals surface area (Å²) < 4.78 is 7.27. The molecule has 0 radical (unpaired) electrons. The Bertz CT molecular complexity index is 701. The second-order valence-electron chi connectivity index (χ2n) is 5.21. The summed E-state index contributed by atoms with van der Waals surface area (Å²) in [5.74, 6) is 0.230. The van der Waals surface area contributed by atoms with E-state index >= 15 is 0 Å². The molecule has 1 aliphatic heterocycles. The average Bonchev–Trinajstić information content (AvgIpc) is 2.86. The fourth-order valence-electron chi connectivity index (χ4n) is 2.61. The number of ether oxygens (including phenoxy) is 1. The zero-order chi connectivity index (χ0) is 15.7. The van der Waals surface area contributed by atoms with Crippen LogP contribution in [-0.2, 0) is 11.8 Å². The second-order valence-corrected chi connectivity index (χ2v) is 5.62. The van der Waals surface area contributed by atoms with Crippen molar-refractivity contribution in [2.24, 2.45) is 7.05 Å². The normalized spacial score (nSPS) is 18.5. The van der Waals surface area contributed by atoms with Crippen molar-refractivity contribution in [3.05, 3.63) is 46.6 Å². The lowest BCUT2D eigenvalue weighted by molar-refractivity contribution is -0.0231. The first-order chi connectivity index (χ1) is 10.6. The minimum absolute atomic E-state index is 0.105. The Balaban J connectivity index is 1.80. The molecule has 1 aromatic carbocycles. The summed E-state index contributed by atoms with van der Waals surface area (Å²) in [5.41, 5.74) is 7.00. The Labute approximate surface area is 133 Å². The predicted octanol–water partition coefficient (Wildman–Crippen LogP) is 1.87. The molecule has 0 bridgehead atoms. The number of nitrogens with two attached hydrogens (primary N) is 1. The molecule has 3 rings (SSSR count). The van der Waals surface area contributed by atoms with E-state index in [1.807, 2.05) is 24.3 Å². The van der Waals surface area contributed by atoms with Gasteiger partial charge < -0.3 is 15.4 Å². The van der Waals surface area contributed by atoms with Crippen LogP contribution in [0.25, 0.3) is 0 Å². The first-order valence-corrected chi connectivity index (χ1v) is 7.39. The zero-order valence-electron chi connectivity index (χ0n) is 12.2. The van der Waals surface area contributed by atoms with Gasteiger partial charge in [-0.2, -0.15) is 5.10 Å². The lowest BCUT2D eigenvalue weighted by atomic mass is 10.1. The number of carbonyl (C=O) groups is 1. The third-order valence-corrected chi connectivity index (χ3v) is 4.07. The third kappa shape index (κ3) is 2.80. The molecule has 1 aliphatic rings. The van der Waals surface area contributed by atoms with Gasteiger partial charge in [0.1, 0.15) is 17.6 Å². The molecule has 2 heterocycles. The molecule has 7 heteroatoms. The van der Waals surface area contributed by atoms with Gasteiger partial charge in [-0.15, -0.1) is 0 Å². The zero-order valence-corrected chi connectivity index (χ0v) is 13.0. The van der Waals surface area contributed by atoms with Crippen molar-refractivity contribution in [1.29, 1.82) is 0 Å². The van der Waals surface area contributed by atoms with E-state index in [0.717, 1.165) is 5.56 Å². The Kier molecular flexibility index (Phi) is 4.04. The molecule has 2 N–H and O–H groups in total. The van der Waals surface area contributed by atoms with Crippen molar-refractivity contribution in [3.8, 4) is 0 Å². The number of hydrogen-bond donors (Lipinski definition) is 1. The molecular weight excluding hydrogens is 304 g/mol. The lowest BCUT2D eigenvalue weighted by Crippen LogP contribution is -2.42. The molecular formula is C15H17ClN4O2. The van der Waals surface area contributed by atoms with Crippen molar-refractivity contribution < 1.29 is 9.53 Å². The highest BCUT2D eigenvalue weighted by Crippen LogP contribution is 2.28. The van der Waals surface area contributed by atoms with Crippen molar-refractivity contribution in [2.75, 3.05) is 25.4 Å². The van der Waals surface area contributed by atoms with Crippen LogP contribution >= 0.6 is 11.6 Å². The number of morpholine rings is 1. The maximum atomic E-state index is 12.6. The molecule has 1 aromatic heterocycles. The van der Waals surface area contributed by atoms with E-state index < -0.39 is 0 Å². The number of nitrogens with zero attached hydrogens (tertiary/aromatic N) is 3. The van der Waals surface area contributed by atoms with Crippen molar-refractivity contribution in [1.82, 2.24) is 14.7 Å². The summed E-state index contributed by atoms with van der Waals surface area (Å²) in [5, 5.41) is 4.66. The standard InChI is InChI=1S/C15H17ClN4O2/c1-19-12(8-14(17)18-19)15(21)20-6-7-22-13(9-20)10-4-2-3-5-11(10)16/h2-5,8,13H,6-7,9H2,1H3,(H2,17,18). The summed E-state index contributed by atoms with van der Waals surface area (Å²) >= 11 is 6.22. The lowest BCUT2D eigenvalue weighted by Gasteiger charge is -2.33. The molecule has 1 unspecified atom stereocenters. The van der Waals surface area contributed by atoms with E-state index in [2.05, 4.69) is 5.10 Å². The number of aromatic nitrogens is 2. The quantitative estimate of drug-likeness (QED) is 0.916. The van der Waals surface area contributed by atoms with E-state index in [4.69, 9.17) is 22.1 Å². The topological polar surface area (TPSA) is 73.4 Å². The van der Waals surface area contributed by atoms with Crippen LogP contribution in [0.5, 0.6) is 0 Å². The summed E-state index contributed by atoms with van der Waals surface area (Å²) in [6.45, 7) is 1.45. The van der Waals surface area contributed by atoms with E-state index in [1.54, 1.807) is 18.0 Å². The van der Waals surface area contributed by atoms with E-state index in [9.17, 15) is 4.79 Å². The molecule has 1 amide bonds. The number of carbonyl (C=O) groups excluding carboxylic acids is 1. The summed E-state index contributed by atoms with van der Waals surface area (Å²) in [4.78, 5) is 14.4. The largest absolute Gasteiger partial charge is 0.382 e. The molecule has 116 valence electrons. The minimum Gasteiger partial charge on any atom is -0.382 e. The summed E-state index contributed by atoms with van der Waals surface area (Å²) in [6, 6.07) is 9.11. The number of hydrogen-bond acceptors (Lipinski definition) is 4. The van der Waals surface area contributed by atoms with Crippen LogP contribution in [0.15, 0.2) is 30.3 Å². The van der Waals surface area contributed by atoms with Gasteiger partial charge in [0.15, 0.2) is 0 Å². The van der Waals surface area contributed by atoms with Crippen LogP contribution in [0.2, 0.25) is 5.02 Å². The van der Waals surface area contributed by atoms with Crippen LogP contribution in [0.4, 0.5) is 5.82 Å². The highest BCUT2D eigenvalue weighted by molar-refractivity contribution is 6.31. The van der Waals surface area contributed by atoms with Crippen LogP contribution in [0, 0.1) is 0 Å². The molecule has 2 aromatic rings. The smallest absolute Gasteiger partial charge is 0.272 e. The van der Waals surface area contributed by atoms with Gasteiger partial charge in [-0.3, -0.25) is 9.48 Å². The van der Waals surface area contributed by atoms with Crippen molar-refractivity contribution >= 4 is 23.3 Å². The van der Waals surface area contributed by atoms with Gasteiger partial charge in [0.05, 0.1) is 13.2 Å². The number of aryl methyl sites for hydroxylation is 1. The van der Waals surface area contributed by atoms with Gasteiger partial charge in [0.25, 0.3) is 5.91 Å². The monoisotopic (exact) mass is 320 g/mol. The second kappa shape index (κ2) is 5.98. The van der Waals surface area contributed by atoms with Gasteiger partial charge in [-0.1, -0.05) is 29.8 Å². The first kappa shape index (κ1) is 14.9. The van der Waals surface area contributed by atoms with Crippen LogP contribution < -0.4 is 5.73 Å². The van der Waals surface area contributed by atoms with Crippen LogP contribution in [0.3, 0.4) is 0 Å². The minimum atomic E-state index is -0.225. The van der Waals surface area contributed by atoms with E-state index in [1.165, 1.54) is 4.68 Å². The molecule has 6 nitrogen and oxygen atoms in total. The van der Waals surface area contributed by atoms with Gasteiger partial charge in [0, 0.05) is 30.2 Å². The van der Waals surface area contributed by atoms with E-state index in [0.29, 0.717) is 36.2 Å². The Hall–Kier alpha value is -2.05. The Morgan fingerprint density at radius 2 is 2.23 bits per heavy atom. The number of rotatable bonds is 2. The summed E-state index contributed by atoms with van der Waals surface area (Å²) in [6.07, 6.45) is -0.225. The number of halogens is 1. The molecule has 0 aliphatic carbocycles. The molecule has 1 fully saturated rings. The van der Waals surface area contributed by atoms with Gasteiger partial charge in [-0.05, 0) is 6.07 Å². The molecule has 1 saturated heterocycles. The molecule has 1 atom stereocenters. The van der Waals surface area contributed by atoms with Gasteiger partial charge in [0.2, 0.25) is 0 Å². The third-order valence-electron chi connectivity index (χ3n) is 3.72. The number of anilines is 1. The van der Waals surface area contributed by atoms with Gasteiger partial charge >= 0.3 is 0 Å². The maximum Gasteiger partial charge on any atom is 0.272 e. The molecule has 22 heavy (non-hydrogen) atoms. The predicted molar refractivity (Wildman–Crippen MR) is 83.7 cm³/mol. The first-order valence-electron chi connectivity index (χ1n) is 7.01. The number of nitrogen functional groups attached to an aromatic ring is 1. The van der Waals surface area contributed by atoms with Crippen molar-refractivity contribution in [3.63, 3.8) is 0 Å². The van der Waals surface area contributed by atoms with Crippen LogP contribution in [0.1, 0.15) is 22.2 Å². The fourth-order valence-corrected chi connectivity index (χ4v) is 2.87. The number of benzene rings is 1. The average molecular weight is 321 g/mol. The number of amides is 1. The van der Waals surface area contributed by atoms with Crippen molar-refractivity contribution in [2.45, 2.75) is 6.10 Å². The Morgan fingerprint density at radius 3 is 2.91 bits per heavy atom. The Morgan fingerprint density at radius 1 is 1.45 bits per heavy atom. The highest BCUT2D eigenvalue weighted by atomic mass is 35.5. The summed E-state index contributed by atoms with van der Waals surface area (Å²) in [7, 11) is 1.70. The maximum absolute atomic E-state index is 12.6. The van der Waals surface area contributed by atoms with E-state index in [-0.39, 0.29) is 12.0 Å². The highest BCUT2D eigenvalue weighted by Gasteiger charge is 2.28. The molecule has 0 spiro atoms. The van der Waals surface area contributed by atoms with Gasteiger partial charge in [-0.25, -0.2) is 0 Å². The molecule has 0 saturated carbocycles. The SMILES string of the molecule is Cn1nc(N)cc1C(=O)N1CCOC(c2ccccc2Cl)C1. The fraction of sp³-hybridized carbons (Fsp3) is 0.333. The van der Waals surface area contributed by atoms with Crippen LogP contribution in [-0.4, -0.2) is 40.3 Å².